The largest absolute Gasteiger partial charge is 0.384 e. The predicted octanol–water partition coefficient (Wildman–Crippen LogP) is 0.848. The molecule has 4 nitrogen and oxygen atoms in total. The third kappa shape index (κ3) is 3.59. The predicted molar refractivity (Wildman–Crippen MR) is 65.4 cm³/mol. The van der Waals surface area contributed by atoms with Crippen LogP contribution in [0.25, 0.3) is 0 Å². The molecule has 0 aliphatic carbocycles. The van der Waals surface area contributed by atoms with Crippen LogP contribution >= 0.6 is 11.3 Å². The summed E-state index contributed by atoms with van der Waals surface area (Å²) in [5.74, 6) is -0.330. The first-order valence-corrected chi connectivity index (χ1v) is 6.06. The quantitative estimate of drug-likeness (QED) is 0.805. The average molecular weight is 242 g/mol. The smallest absolute Gasteiger partial charge is 0.248 e. The summed E-state index contributed by atoms with van der Waals surface area (Å²) >= 11 is 1.66. The highest BCUT2D eigenvalue weighted by atomic mass is 32.1. The number of hydrogen-bond acceptors (Lipinski definition) is 4. The van der Waals surface area contributed by atoms with Gasteiger partial charge in [-0.15, -0.1) is 11.3 Å². The SMILES string of the molecule is CC(O)C(=O)NCC(c1cccs1)N(C)C. The monoisotopic (exact) mass is 242 g/mol. The number of aliphatic hydroxyl groups is 1. The highest BCUT2D eigenvalue weighted by Crippen LogP contribution is 2.22. The lowest BCUT2D eigenvalue weighted by Gasteiger charge is -2.23. The van der Waals surface area contributed by atoms with Gasteiger partial charge in [0, 0.05) is 11.4 Å². The van der Waals surface area contributed by atoms with Crippen molar-refractivity contribution in [2.75, 3.05) is 20.6 Å². The Hall–Kier alpha value is -0.910. The molecule has 0 spiro atoms. The first-order chi connectivity index (χ1) is 7.52. The zero-order valence-corrected chi connectivity index (χ0v) is 10.6. The van der Waals surface area contributed by atoms with Crippen LogP contribution in [-0.2, 0) is 4.79 Å². The molecule has 0 aromatic carbocycles. The van der Waals surface area contributed by atoms with Gasteiger partial charge in [-0.05, 0) is 32.5 Å². The Morgan fingerprint density at radius 1 is 1.62 bits per heavy atom. The van der Waals surface area contributed by atoms with Crippen molar-refractivity contribution in [2.45, 2.75) is 19.1 Å². The number of rotatable bonds is 5. The van der Waals surface area contributed by atoms with Gasteiger partial charge in [-0.2, -0.15) is 0 Å². The molecule has 0 aliphatic rings. The number of carbonyl (C=O) groups excluding carboxylic acids is 1. The van der Waals surface area contributed by atoms with Crippen molar-refractivity contribution in [1.82, 2.24) is 10.2 Å². The van der Waals surface area contributed by atoms with Gasteiger partial charge in [-0.25, -0.2) is 0 Å². The lowest BCUT2D eigenvalue weighted by molar-refractivity contribution is -0.128. The maximum atomic E-state index is 11.3. The van der Waals surface area contributed by atoms with Gasteiger partial charge < -0.3 is 15.3 Å². The Balaban J connectivity index is 2.57. The highest BCUT2D eigenvalue weighted by molar-refractivity contribution is 7.10. The summed E-state index contributed by atoms with van der Waals surface area (Å²) in [5.41, 5.74) is 0. The van der Waals surface area contributed by atoms with Gasteiger partial charge in [0.2, 0.25) is 5.91 Å². The average Bonchev–Trinajstić information content (AvgIpc) is 2.70. The zero-order valence-electron chi connectivity index (χ0n) is 9.80. The van der Waals surface area contributed by atoms with Crippen LogP contribution in [0.3, 0.4) is 0 Å². The number of likely N-dealkylation sites (N-methyl/N-ethyl adjacent to an activating group) is 1. The van der Waals surface area contributed by atoms with Gasteiger partial charge in [-0.3, -0.25) is 4.79 Å². The summed E-state index contributed by atoms with van der Waals surface area (Å²) in [7, 11) is 3.94. The molecule has 0 saturated heterocycles. The summed E-state index contributed by atoms with van der Waals surface area (Å²) in [6.45, 7) is 1.97. The number of nitrogens with one attached hydrogen (secondary N) is 1. The molecule has 1 heterocycles. The van der Waals surface area contributed by atoms with E-state index >= 15 is 0 Å². The minimum absolute atomic E-state index is 0.155. The fraction of sp³-hybridized carbons (Fsp3) is 0.545. The van der Waals surface area contributed by atoms with E-state index in [2.05, 4.69) is 5.32 Å². The van der Waals surface area contributed by atoms with Crippen molar-refractivity contribution in [3.63, 3.8) is 0 Å². The van der Waals surface area contributed by atoms with Crippen LogP contribution in [0, 0.1) is 0 Å². The fourth-order valence-corrected chi connectivity index (χ4v) is 2.29. The molecule has 2 atom stereocenters. The van der Waals surface area contributed by atoms with Crippen LogP contribution in [0.15, 0.2) is 17.5 Å². The number of amides is 1. The molecule has 1 aromatic rings. The van der Waals surface area contributed by atoms with E-state index in [1.807, 2.05) is 36.5 Å². The van der Waals surface area contributed by atoms with Crippen molar-refractivity contribution in [3.8, 4) is 0 Å². The van der Waals surface area contributed by atoms with E-state index in [-0.39, 0.29) is 11.9 Å². The van der Waals surface area contributed by atoms with Gasteiger partial charge in [-0.1, -0.05) is 6.07 Å². The first-order valence-electron chi connectivity index (χ1n) is 5.18. The summed E-state index contributed by atoms with van der Waals surface area (Å²) in [5, 5.41) is 13.8. The number of hydrogen-bond donors (Lipinski definition) is 2. The van der Waals surface area contributed by atoms with Gasteiger partial charge >= 0.3 is 0 Å². The number of nitrogens with zero attached hydrogens (tertiary/aromatic N) is 1. The van der Waals surface area contributed by atoms with E-state index in [1.165, 1.54) is 11.8 Å². The molecule has 1 amide bonds. The van der Waals surface area contributed by atoms with Crippen LogP contribution < -0.4 is 5.32 Å². The van der Waals surface area contributed by atoms with E-state index in [1.54, 1.807) is 11.3 Å². The minimum Gasteiger partial charge on any atom is -0.384 e. The fourth-order valence-electron chi connectivity index (χ4n) is 1.36. The third-order valence-corrected chi connectivity index (χ3v) is 3.32. The van der Waals surface area contributed by atoms with E-state index in [0.29, 0.717) is 6.54 Å². The van der Waals surface area contributed by atoms with Crippen molar-refractivity contribution in [2.24, 2.45) is 0 Å². The summed E-state index contributed by atoms with van der Waals surface area (Å²) < 4.78 is 0. The molecule has 0 fully saturated rings. The Labute approximate surface area is 99.9 Å². The van der Waals surface area contributed by atoms with E-state index in [9.17, 15) is 4.79 Å². The van der Waals surface area contributed by atoms with Crippen molar-refractivity contribution < 1.29 is 9.90 Å². The lowest BCUT2D eigenvalue weighted by atomic mass is 10.2. The highest BCUT2D eigenvalue weighted by Gasteiger charge is 2.17. The molecule has 1 rings (SSSR count). The summed E-state index contributed by atoms with van der Waals surface area (Å²) in [4.78, 5) is 14.5. The molecule has 2 N–H and O–H groups in total. The zero-order chi connectivity index (χ0) is 12.1. The molecular formula is C11H18N2O2S. The normalized spacial score (nSPS) is 14.8. The topological polar surface area (TPSA) is 52.6 Å². The lowest BCUT2D eigenvalue weighted by Crippen LogP contribution is -2.38. The van der Waals surface area contributed by atoms with Gasteiger partial charge in [0.1, 0.15) is 6.10 Å². The summed E-state index contributed by atoms with van der Waals surface area (Å²) in [6.07, 6.45) is -0.953. The Kier molecular flexibility index (Phi) is 4.92. The van der Waals surface area contributed by atoms with E-state index in [0.717, 1.165) is 0 Å². The second kappa shape index (κ2) is 5.98. The van der Waals surface area contributed by atoms with Crippen molar-refractivity contribution in [1.29, 1.82) is 0 Å². The number of carbonyl (C=O) groups is 1. The van der Waals surface area contributed by atoms with Crippen LogP contribution in [0.5, 0.6) is 0 Å². The van der Waals surface area contributed by atoms with Crippen molar-refractivity contribution >= 4 is 17.2 Å². The summed E-state index contributed by atoms with van der Waals surface area (Å²) in [6, 6.07) is 4.19. The molecule has 1 aromatic heterocycles. The molecule has 0 radical (unpaired) electrons. The van der Waals surface area contributed by atoms with Crippen LogP contribution in [0.1, 0.15) is 17.8 Å². The minimum atomic E-state index is -0.953. The molecule has 0 saturated carbocycles. The Bertz CT molecular complexity index is 323. The van der Waals surface area contributed by atoms with E-state index in [4.69, 9.17) is 5.11 Å². The molecular weight excluding hydrogens is 224 g/mol. The van der Waals surface area contributed by atoms with Crippen LogP contribution in [-0.4, -0.2) is 42.7 Å². The first kappa shape index (κ1) is 13.2. The Morgan fingerprint density at radius 3 is 2.75 bits per heavy atom. The maximum Gasteiger partial charge on any atom is 0.248 e. The van der Waals surface area contributed by atoms with Gasteiger partial charge in [0.25, 0.3) is 0 Å². The number of thiophene rings is 1. The molecule has 0 bridgehead atoms. The molecule has 90 valence electrons. The molecule has 16 heavy (non-hydrogen) atoms. The second-order valence-electron chi connectivity index (χ2n) is 3.92. The maximum absolute atomic E-state index is 11.3. The van der Waals surface area contributed by atoms with Crippen LogP contribution in [0.2, 0.25) is 0 Å². The molecule has 5 heteroatoms. The third-order valence-electron chi connectivity index (χ3n) is 2.34. The Morgan fingerprint density at radius 2 is 2.31 bits per heavy atom. The standard InChI is InChI=1S/C11H18N2O2S/c1-8(14)11(15)12-7-9(13(2)3)10-5-4-6-16-10/h4-6,8-9,14H,7H2,1-3H3,(H,12,15). The molecule has 2 unspecified atom stereocenters. The second-order valence-corrected chi connectivity index (χ2v) is 4.90. The number of aliphatic hydroxyl groups excluding tert-OH is 1. The van der Waals surface area contributed by atoms with Gasteiger partial charge in [0.05, 0.1) is 6.04 Å². The van der Waals surface area contributed by atoms with Crippen LogP contribution in [0.4, 0.5) is 0 Å². The molecule has 0 aliphatic heterocycles. The van der Waals surface area contributed by atoms with Crippen molar-refractivity contribution in [3.05, 3.63) is 22.4 Å². The van der Waals surface area contributed by atoms with E-state index < -0.39 is 6.10 Å². The van der Waals surface area contributed by atoms with Gasteiger partial charge in [0.15, 0.2) is 0 Å².